The number of amides is 1. The molecule has 0 aliphatic heterocycles. The molecule has 23 heavy (non-hydrogen) atoms. The molecule has 0 aromatic carbocycles. The summed E-state index contributed by atoms with van der Waals surface area (Å²) in [5, 5.41) is 21.8. The molecule has 118 valence electrons. The lowest BCUT2D eigenvalue weighted by molar-refractivity contribution is 0.0680. The zero-order valence-electron chi connectivity index (χ0n) is 12.2. The molecular formula is C13H12N6O3S. The van der Waals surface area contributed by atoms with Crippen molar-refractivity contribution in [3.05, 3.63) is 35.1 Å². The molecular weight excluding hydrogens is 320 g/mol. The molecule has 3 aromatic heterocycles. The van der Waals surface area contributed by atoms with Crippen LogP contribution in [-0.2, 0) is 14.1 Å². The molecule has 0 saturated heterocycles. The summed E-state index contributed by atoms with van der Waals surface area (Å²) in [6.45, 7) is 0. The van der Waals surface area contributed by atoms with Gasteiger partial charge in [0, 0.05) is 25.7 Å². The number of carboxylic acid groups (broad SMARTS) is 1. The maximum atomic E-state index is 12.2. The van der Waals surface area contributed by atoms with Crippen molar-refractivity contribution in [1.29, 1.82) is 0 Å². The van der Waals surface area contributed by atoms with Gasteiger partial charge >= 0.3 is 5.97 Å². The van der Waals surface area contributed by atoms with Crippen LogP contribution in [0.5, 0.6) is 0 Å². The van der Waals surface area contributed by atoms with E-state index in [1.54, 1.807) is 23.3 Å². The van der Waals surface area contributed by atoms with Crippen molar-refractivity contribution in [2.24, 2.45) is 14.1 Å². The molecule has 0 spiro atoms. The number of carbonyl (C=O) groups is 2. The Kier molecular flexibility index (Phi) is 3.66. The Bertz CT molecular complexity index is 893. The molecule has 0 unspecified atom stereocenters. The van der Waals surface area contributed by atoms with E-state index < -0.39 is 11.9 Å². The van der Waals surface area contributed by atoms with Gasteiger partial charge in [-0.05, 0) is 6.07 Å². The van der Waals surface area contributed by atoms with E-state index in [2.05, 4.69) is 20.5 Å². The predicted octanol–water partition coefficient (Wildman–Crippen LogP) is 1.23. The lowest BCUT2D eigenvalue weighted by Crippen LogP contribution is -2.17. The zero-order valence-corrected chi connectivity index (χ0v) is 13.0. The summed E-state index contributed by atoms with van der Waals surface area (Å²) in [7, 11) is 3.26. The minimum absolute atomic E-state index is 0.0164. The first-order valence-corrected chi connectivity index (χ1v) is 7.36. The number of carboxylic acids is 1. The summed E-state index contributed by atoms with van der Waals surface area (Å²) < 4.78 is 2.81. The second-order valence-corrected chi connectivity index (χ2v) is 5.53. The zero-order chi connectivity index (χ0) is 16.6. The highest BCUT2D eigenvalue weighted by Gasteiger charge is 2.22. The number of anilines is 1. The Morgan fingerprint density at radius 3 is 2.70 bits per heavy atom. The highest BCUT2D eigenvalue weighted by Crippen LogP contribution is 2.24. The molecule has 0 saturated carbocycles. The van der Waals surface area contributed by atoms with E-state index in [9.17, 15) is 9.59 Å². The van der Waals surface area contributed by atoms with Gasteiger partial charge in [0.2, 0.25) is 0 Å². The summed E-state index contributed by atoms with van der Waals surface area (Å²) in [6, 6.07) is 1.81. The molecule has 0 fully saturated rings. The summed E-state index contributed by atoms with van der Waals surface area (Å²) in [5.41, 5.74) is 1.30. The van der Waals surface area contributed by atoms with Gasteiger partial charge in [-0.2, -0.15) is 10.2 Å². The fourth-order valence-corrected chi connectivity index (χ4v) is 2.80. The van der Waals surface area contributed by atoms with Crippen molar-refractivity contribution in [2.75, 3.05) is 5.32 Å². The fraction of sp³-hybridized carbons (Fsp3) is 0.154. The monoisotopic (exact) mass is 332 g/mol. The van der Waals surface area contributed by atoms with Gasteiger partial charge in [0.25, 0.3) is 5.91 Å². The second kappa shape index (κ2) is 5.65. The normalized spacial score (nSPS) is 10.7. The number of aromatic carboxylic acids is 1. The molecule has 2 N–H and O–H groups in total. The lowest BCUT2D eigenvalue weighted by Gasteiger charge is -2.01. The number of nitrogens with zero attached hydrogens (tertiary/aromatic N) is 5. The number of hydrogen-bond donors (Lipinski definition) is 2. The molecule has 0 atom stereocenters. The smallest absolute Gasteiger partial charge is 0.354 e. The standard InChI is InChI=1S/C13H12N6O3S/c1-18-9(3-4-14-18)8-6-23-13(16-8)17-11(20)7-5-15-19(2)10(7)12(21)22/h3-6H,1-2H3,(H,21,22)(H,16,17,20). The van der Waals surface area contributed by atoms with Gasteiger partial charge in [-0.15, -0.1) is 11.3 Å². The van der Waals surface area contributed by atoms with Gasteiger partial charge in [0.15, 0.2) is 10.8 Å². The van der Waals surface area contributed by atoms with Crippen LogP contribution in [0.1, 0.15) is 20.8 Å². The summed E-state index contributed by atoms with van der Waals surface area (Å²) in [6.07, 6.45) is 2.87. The summed E-state index contributed by atoms with van der Waals surface area (Å²) in [5.74, 6) is -1.79. The number of carbonyl (C=O) groups excluding carboxylic acids is 1. The Hall–Kier alpha value is -3.01. The van der Waals surface area contributed by atoms with Gasteiger partial charge in [-0.3, -0.25) is 19.5 Å². The van der Waals surface area contributed by atoms with Gasteiger partial charge in [-0.25, -0.2) is 9.78 Å². The topological polar surface area (TPSA) is 115 Å². The molecule has 10 heteroatoms. The third-order valence-electron chi connectivity index (χ3n) is 3.19. The minimum Gasteiger partial charge on any atom is -0.477 e. The number of hydrogen-bond acceptors (Lipinski definition) is 6. The molecule has 9 nitrogen and oxygen atoms in total. The van der Waals surface area contributed by atoms with E-state index in [4.69, 9.17) is 5.11 Å². The Balaban J connectivity index is 1.83. The van der Waals surface area contributed by atoms with E-state index in [0.29, 0.717) is 10.8 Å². The quantitative estimate of drug-likeness (QED) is 0.742. The molecule has 0 aliphatic rings. The Morgan fingerprint density at radius 1 is 1.26 bits per heavy atom. The largest absolute Gasteiger partial charge is 0.477 e. The van der Waals surface area contributed by atoms with Gasteiger partial charge in [0.05, 0.1) is 17.5 Å². The first-order valence-electron chi connectivity index (χ1n) is 6.48. The lowest BCUT2D eigenvalue weighted by atomic mass is 10.2. The highest BCUT2D eigenvalue weighted by molar-refractivity contribution is 7.14. The van der Waals surface area contributed by atoms with E-state index in [-0.39, 0.29) is 11.3 Å². The van der Waals surface area contributed by atoms with Crippen molar-refractivity contribution in [1.82, 2.24) is 24.5 Å². The molecule has 0 aliphatic carbocycles. The van der Waals surface area contributed by atoms with Gasteiger partial charge < -0.3 is 5.11 Å². The minimum atomic E-state index is -1.22. The molecule has 3 heterocycles. The number of aryl methyl sites for hydroxylation is 2. The first kappa shape index (κ1) is 14.9. The van der Waals surface area contributed by atoms with Crippen LogP contribution in [0.15, 0.2) is 23.8 Å². The van der Waals surface area contributed by atoms with Crippen molar-refractivity contribution in [3.63, 3.8) is 0 Å². The summed E-state index contributed by atoms with van der Waals surface area (Å²) >= 11 is 1.24. The number of thiazole rings is 1. The molecule has 0 bridgehead atoms. The highest BCUT2D eigenvalue weighted by atomic mass is 32.1. The van der Waals surface area contributed by atoms with Crippen molar-refractivity contribution >= 4 is 28.3 Å². The van der Waals surface area contributed by atoms with Crippen LogP contribution in [0.4, 0.5) is 5.13 Å². The third-order valence-corrected chi connectivity index (χ3v) is 3.95. The van der Waals surface area contributed by atoms with Crippen molar-refractivity contribution in [2.45, 2.75) is 0 Å². The Labute approximate surface area is 134 Å². The number of nitrogens with one attached hydrogen (secondary N) is 1. The van der Waals surface area contributed by atoms with Gasteiger partial charge in [0.1, 0.15) is 5.69 Å². The summed E-state index contributed by atoms with van der Waals surface area (Å²) in [4.78, 5) is 27.7. The van der Waals surface area contributed by atoms with E-state index in [1.807, 2.05) is 6.07 Å². The molecule has 3 rings (SSSR count). The number of rotatable bonds is 4. The number of aromatic nitrogens is 5. The molecule has 1 amide bonds. The molecule has 0 radical (unpaired) electrons. The second-order valence-electron chi connectivity index (χ2n) is 4.67. The Morgan fingerprint density at radius 2 is 2.04 bits per heavy atom. The fourth-order valence-electron chi connectivity index (χ4n) is 2.10. The van der Waals surface area contributed by atoms with Crippen LogP contribution < -0.4 is 5.32 Å². The van der Waals surface area contributed by atoms with Crippen LogP contribution in [0.2, 0.25) is 0 Å². The average molecular weight is 332 g/mol. The maximum Gasteiger partial charge on any atom is 0.354 e. The van der Waals surface area contributed by atoms with E-state index >= 15 is 0 Å². The van der Waals surface area contributed by atoms with Gasteiger partial charge in [-0.1, -0.05) is 0 Å². The van der Waals surface area contributed by atoms with Crippen LogP contribution >= 0.6 is 11.3 Å². The third kappa shape index (κ3) is 2.71. The van der Waals surface area contributed by atoms with Crippen LogP contribution in [-0.4, -0.2) is 41.5 Å². The van der Waals surface area contributed by atoms with E-state index in [1.165, 1.54) is 24.6 Å². The first-order chi connectivity index (χ1) is 11.0. The van der Waals surface area contributed by atoms with Crippen molar-refractivity contribution in [3.8, 4) is 11.4 Å². The maximum absolute atomic E-state index is 12.2. The predicted molar refractivity (Wildman–Crippen MR) is 82.4 cm³/mol. The van der Waals surface area contributed by atoms with Crippen LogP contribution in [0.3, 0.4) is 0 Å². The van der Waals surface area contributed by atoms with Crippen LogP contribution in [0, 0.1) is 0 Å². The van der Waals surface area contributed by atoms with Crippen molar-refractivity contribution < 1.29 is 14.7 Å². The average Bonchev–Trinajstić information content (AvgIpc) is 3.18. The molecule has 3 aromatic rings. The SMILES string of the molecule is Cn1nccc1-c1csc(NC(=O)c2cnn(C)c2C(=O)O)n1. The van der Waals surface area contributed by atoms with Crippen LogP contribution in [0.25, 0.3) is 11.4 Å². The van der Waals surface area contributed by atoms with E-state index in [0.717, 1.165) is 10.4 Å².